The van der Waals surface area contributed by atoms with Crippen LogP contribution in [0.3, 0.4) is 0 Å². The van der Waals surface area contributed by atoms with Crippen molar-refractivity contribution in [1.82, 2.24) is 10.2 Å². The molecule has 0 aliphatic carbocycles. The van der Waals surface area contributed by atoms with Gasteiger partial charge in [-0.15, -0.1) is 0 Å². The normalized spacial score (nSPS) is 12.2. The number of anilines is 1. The maximum absolute atomic E-state index is 14.3. The lowest BCUT2D eigenvalue weighted by atomic mass is 10.1. The van der Waals surface area contributed by atoms with E-state index in [9.17, 15) is 18.0 Å². The van der Waals surface area contributed by atoms with Crippen LogP contribution in [0, 0.1) is 0 Å². The Balaban J connectivity index is 1.74. The first-order valence-electron chi connectivity index (χ1n) is 14.7. The van der Waals surface area contributed by atoms with Crippen molar-refractivity contribution in [1.29, 1.82) is 0 Å². The van der Waals surface area contributed by atoms with Crippen molar-refractivity contribution in [2.24, 2.45) is 0 Å². The molecule has 1 atom stereocenters. The minimum Gasteiger partial charge on any atom is -0.457 e. The van der Waals surface area contributed by atoms with E-state index in [1.54, 1.807) is 79.7 Å². The molecule has 0 aliphatic heterocycles. The highest BCUT2D eigenvalue weighted by Crippen LogP contribution is 2.29. The van der Waals surface area contributed by atoms with Crippen LogP contribution in [0.25, 0.3) is 0 Å². The van der Waals surface area contributed by atoms with Crippen LogP contribution in [0.5, 0.6) is 11.5 Å². The number of para-hydroxylation sites is 1. The molecular weight excluding hydrogens is 645 g/mol. The van der Waals surface area contributed by atoms with Crippen molar-refractivity contribution < 1.29 is 22.7 Å². The predicted octanol–water partition coefficient (Wildman–Crippen LogP) is 7.70. The summed E-state index contributed by atoms with van der Waals surface area (Å²) in [6.07, 6.45) is 0.274. The maximum atomic E-state index is 14.3. The van der Waals surface area contributed by atoms with E-state index in [-0.39, 0.29) is 29.5 Å². The summed E-state index contributed by atoms with van der Waals surface area (Å²) in [4.78, 5) is 29.2. The Hall–Kier alpha value is -4.05. The Labute approximate surface area is 280 Å². The summed E-state index contributed by atoms with van der Waals surface area (Å²) >= 11 is 12.6. The van der Waals surface area contributed by atoms with Crippen molar-refractivity contribution in [3.05, 3.63) is 119 Å². The lowest BCUT2D eigenvalue weighted by Crippen LogP contribution is -2.55. The number of amides is 2. The van der Waals surface area contributed by atoms with E-state index in [4.69, 9.17) is 27.9 Å². The Morgan fingerprint density at radius 1 is 0.848 bits per heavy atom. The summed E-state index contributed by atoms with van der Waals surface area (Å²) in [5.41, 5.74) is 0.235. The molecule has 11 heteroatoms. The number of nitrogens with one attached hydrogen (secondary N) is 1. The second kappa shape index (κ2) is 15.0. The average Bonchev–Trinajstić information content (AvgIpc) is 3.01. The number of halogens is 2. The van der Waals surface area contributed by atoms with Crippen LogP contribution < -0.4 is 14.4 Å². The number of benzene rings is 4. The number of hydrogen-bond donors (Lipinski definition) is 1. The third-order valence-electron chi connectivity index (χ3n) is 6.95. The lowest BCUT2D eigenvalue weighted by molar-refractivity contribution is -0.141. The zero-order chi connectivity index (χ0) is 33.5. The first-order chi connectivity index (χ1) is 21.8. The molecule has 0 spiro atoms. The van der Waals surface area contributed by atoms with Crippen LogP contribution in [-0.4, -0.2) is 43.3 Å². The highest BCUT2D eigenvalue weighted by atomic mass is 35.5. The molecular formula is C35H37Cl2N3O5S. The smallest absolute Gasteiger partial charge is 0.264 e. The first-order valence-corrected chi connectivity index (χ1v) is 16.9. The SMILES string of the molecule is CCC(C(=O)NC(C)(C)C)N(Cc1ccc(Cl)cc1Cl)C(=O)CN(c1ccc(Oc2ccccc2)cc1)S(=O)(=O)c1ccccc1. The van der Waals surface area contributed by atoms with E-state index < -0.39 is 34.1 Å². The molecule has 4 aromatic carbocycles. The van der Waals surface area contributed by atoms with Crippen molar-refractivity contribution in [2.45, 2.75) is 57.1 Å². The molecule has 0 radical (unpaired) electrons. The van der Waals surface area contributed by atoms with Gasteiger partial charge in [-0.2, -0.15) is 0 Å². The van der Waals surface area contributed by atoms with Gasteiger partial charge in [0.05, 0.1) is 10.6 Å². The molecule has 0 aromatic heterocycles. The number of hydrogen-bond acceptors (Lipinski definition) is 5. The fourth-order valence-electron chi connectivity index (χ4n) is 4.76. The van der Waals surface area contributed by atoms with Gasteiger partial charge in [0.15, 0.2) is 0 Å². The van der Waals surface area contributed by atoms with Crippen LogP contribution >= 0.6 is 23.2 Å². The van der Waals surface area contributed by atoms with Crippen molar-refractivity contribution in [2.75, 3.05) is 10.8 Å². The van der Waals surface area contributed by atoms with Gasteiger partial charge in [-0.05, 0) is 93.4 Å². The van der Waals surface area contributed by atoms with Crippen LogP contribution in [0.4, 0.5) is 5.69 Å². The predicted molar refractivity (Wildman–Crippen MR) is 183 cm³/mol. The van der Waals surface area contributed by atoms with Crippen LogP contribution in [-0.2, 0) is 26.2 Å². The number of sulfonamides is 1. The Kier molecular flexibility index (Phi) is 11.4. The van der Waals surface area contributed by atoms with Crippen LogP contribution in [0.1, 0.15) is 39.7 Å². The van der Waals surface area contributed by atoms with Crippen LogP contribution in [0.2, 0.25) is 10.0 Å². The topological polar surface area (TPSA) is 96.0 Å². The fraction of sp³-hybridized carbons (Fsp3) is 0.257. The molecule has 0 saturated carbocycles. The highest BCUT2D eigenvalue weighted by Gasteiger charge is 2.35. The van der Waals surface area contributed by atoms with Crippen LogP contribution in [0.15, 0.2) is 108 Å². The Morgan fingerprint density at radius 3 is 2.00 bits per heavy atom. The summed E-state index contributed by atoms with van der Waals surface area (Å²) in [5.74, 6) is 0.149. The van der Waals surface area contributed by atoms with Crippen molar-refractivity contribution in [3.63, 3.8) is 0 Å². The largest absolute Gasteiger partial charge is 0.457 e. The zero-order valence-corrected chi connectivity index (χ0v) is 28.4. The first kappa shape index (κ1) is 34.8. The van der Waals surface area contributed by atoms with Gasteiger partial charge in [-0.1, -0.05) is 72.6 Å². The Bertz CT molecular complexity index is 1750. The van der Waals surface area contributed by atoms with Gasteiger partial charge in [-0.25, -0.2) is 8.42 Å². The molecule has 0 fully saturated rings. The lowest BCUT2D eigenvalue weighted by Gasteiger charge is -2.35. The molecule has 4 rings (SSSR count). The van der Waals surface area contributed by atoms with Gasteiger partial charge in [-0.3, -0.25) is 13.9 Å². The Morgan fingerprint density at radius 2 is 1.43 bits per heavy atom. The second-order valence-electron chi connectivity index (χ2n) is 11.7. The van der Waals surface area contributed by atoms with E-state index in [1.165, 1.54) is 17.0 Å². The molecule has 46 heavy (non-hydrogen) atoms. The van der Waals surface area contributed by atoms with E-state index in [0.29, 0.717) is 27.1 Å². The third-order valence-corrected chi connectivity index (χ3v) is 9.33. The molecule has 242 valence electrons. The molecule has 0 aliphatic rings. The molecule has 0 saturated heterocycles. The van der Waals surface area contributed by atoms with Crippen molar-refractivity contribution >= 4 is 50.7 Å². The summed E-state index contributed by atoms with van der Waals surface area (Å²) < 4.78 is 35.1. The standard InChI is InChI=1S/C35H37Cl2N3O5S/c1-5-32(34(42)38-35(2,3)4)39(23-25-16-17-26(36)22-31(25)37)33(41)24-40(46(43,44)30-14-10-7-11-15-30)27-18-20-29(21-19-27)45-28-12-8-6-9-13-28/h6-22,32H,5,23-24H2,1-4H3,(H,38,42). The number of rotatable bonds is 12. The number of carbonyl (C=O) groups excluding carboxylic acids is 2. The molecule has 1 unspecified atom stereocenters. The molecule has 0 heterocycles. The van der Waals surface area contributed by atoms with Gasteiger partial charge in [0, 0.05) is 22.1 Å². The summed E-state index contributed by atoms with van der Waals surface area (Å²) in [5, 5.41) is 3.69. The van der Waals surface area contributed by atoms with E-state index in [2.05, 4.69) is 5.32 Å². The number of carbonyl (C=O) groups is 2. The quantitative estimate of drug-likeness (QED) is 0.165. The van der Waals surface area contributed by atoms with Crippen molar-refractivity contribution in [3.8, 4) is 11.5 Å². The molecule has 8 nitrogen and oxygen atoms in total. The van der Waals surface area contributed by atoms with E-state index >= 15 is 0 Å². The monoisotopic (exact) mass is 681 g/mol. The second-order valence-corrected chi connectivity index (χ2v) is 14.4. The van der Waals surface area contributed by atoms with Gasteiger partial charge >= 0.3 is 0 Å². The average molecular weight is 683 g/mol. The summed E-state index contributed by atoms with van der Waals surface area (Å²) in [6.45, 7) is 6.70. The number of nitrogens with zero attached hydrogens (tertiary/aromatic N) is 2. The van der Waals surface area contributed by atoms with E-state index in [0.717, 1.165) is 4.31 Å². The fourth-order valence-corrected chi connectivity index (χ4v) is 6.66. The van der Waals surface area contributed by atoms with Gasteiger partial charge < -0.3 is 15.0 Å². The minimum atomic E-state index is -4.22. The molecule has 2 amide bonds. The third kappa shape index (κ3) is 9.02. The van der Waals surface area contributed by atoms with Gasteiger partial charge in [0.2, 0.25) is 11.8 Å². The van der Waals surface area contributed by atoms with Gasteiger partial charge in [0.1, 0.15) is 24.1 Å². The van der Waals surface area contributed by atoms with Gasteiger partial charge in [0.25, 0.3) is 10.0 Å². The number of ether oxygens (including phenoxy) is 1. The molecule has 4 aromatic rings. The summed E-state index contributed by atoms with van der Waals surface area (Å²) in [6, 6.07) is 27.5. The zero-order valence-electron chi connectivity index (χ0n) is 26.1. The van der Waals surface area contributed by atoms with E-state index in [1.807, 2.05) is 39.0 Å². The minimum absolute atomic E-state index is 0.0113. The summed E-state index contributed by atoms with van der Waals surface area (Å²) in [7, 11) is -4.22. The molecule has 0 bridgehead atoms. The molecule has 1 N–H and O–H groups in total. The highest BCUT2D eigenvalue weighted by molar-refractivity contribution is 7.92. The maximum Gasteiger partial charge on any atom is 0.264 e.